The predicted molar refractivity (Wildman–Crippen MR) is 81.2 cm³/mol. The van der Waals surface area contributed by atoms with E-state index in [1.165, 1.54) is 7.11 Å². The van der Waals surface area contributed by atoms with Gasteiger partial charge in [-0.25, -0.2) is 9.97 Å². The van der Waals surface area contributed by atoms with Crippen LogP contribution in [0.2, 0.25) is 0 Å². The molecule has 1 amide bonds. The molecule has 0 saturated carbocycles. The van der Waals surface area contributed by atoms with E-state index in [2.05, 4.69) is 32.4 Å². The molecule has 2 rings (SSSR count). The molecule has 0 bridgehead atoms. The second-order valence-electron chi connectivity index (χ2n) is 4.92. The fourth-order valence-corrected chi connectivity index (χ4v) is 2.17. The number of methoxy groups -OCH3 is 1. The summed E-state index contributed by atoms with van der Waals surface area (Å²) in [6, 6.07) is 1.67. The minimum atomic E-state index is -0.311. The Morgan fingerprint density at radius 1 is 1.55 bits per heavy atom. The fourth-order valence-electron chi connectivity index (χ4n) is 2.17. The van der Waals surface area contributed by atoms with Crippen LogP contribution in [-0.4, -0.2) is 54.9 Å². The number of aromatic nitrogens is 2. The highest BCUT2D eigenvalue weighted by Crippen LogP contribution is 2.13. The number of carbonyl (C=O) groups is 1. The number of hydrogen-bond donors (Lipinski definition) is 2. The SMILES string of the molecule is COCC#CC(=O)N[C@H]1CCOC[C@H]1Nc1ccnc(C)n1. The van der Waals surface area contributed by atoms with Crippen LogP contribution in [0, 0.1) is 18.8 Å². The number of amides is 1. The Morgan fingerprint density at radius 2 is 2.41 bits per heavy atom. The van der Waals surface area contributed by atoms with E-state index in [1.807, 2.05) is 6.92 Å². The van der Waals surface area contributed by atoms with Crippen molar-refractivity contribution in [3.8, 4) is 11.8 Å². The Balaban J connectivity index is 1.96. The van der Waals surface area contributed by atoms with Gasteiger partial charge in [-0.2, -0.15) is 0 Å². The molecular weight excluding hydrogens is 284 g/mol. The molecule has 2 heterocycles. The summed E-state index contributed by atoms with van der Waals surface area (Å²) in [7, 11) is 1.54. The Hall–Kier alpha value is -2.17. The van der Waals surface area contributed by atoms with Gasteiger partial charge >= 0.3 is 0 Å². The molecular formula is C15H20N4O3. The van der Waals surface area contributed by atoms with Crippen molar-refractivity contribution in [3.63, 3.8) is 0 Å². The van der Waals surface area contributed by atoms with Crippen LogP contribution in [0.1, 0.15) is 12.2 Å². The largest absolute Gasteiger partial charge is 0.379 e. The van der Waals surface area contributed by atoms with E-state index in [9.17, 15) is 4.79 Å². The standard InChI is InChI=1S/C15H20N4O3/c1-11-16-7-5-14(17-11)18-13-10-22-9-6-12(13)19-15(20)4-3-8-21-2/h5,7,12-13H,6,8-10H2,1-2H3,(H,19,20)(H,16,17,18)/t12-,13+/m0/s1. The Labute approximate surface area is 129 Å². The number of carbonyl (C=O) groups excluding carboxylic acids is 1. The van der Waals surface area contributed by atoms with Crippen LogP contribution in [0.3, 0.4) is 0 Å². The number of anilines is 1. The van der Waals surface area contributed by atoms with Gasteiger partial charge in [-0.3, -0.25) is 4.79 Å². The maximum absolute atomic E-state index is 11.8. The van der Waals surface area contributed by atoms with E-state index >= 15 is 0 Å². The maximum atomic E-state index is 11.8. The van der Waals surface area contributed by atoms with Crippen LogP contribution in [-0.2, 0) is 14.3 Å². The normalized spacial score (nSPS) is 20.6. The average molecular weight is 304 g/mol. The first-order chi connectivity index (χ1) is 10.7. The van der Waals surface area contributed by atoms with Crippen molar-refractivity contribution in [2.75, 3.05) is 32.2 Å². The number of ether oxygens (including phenoxy) is 2. The van der Waals surface area contributed by atoms with Gasteiger partial charge in [-0.15, -0.1) is 0 Å². The topological polar surface area (TPSA) is 85.4 Å². The van der Waals surface area contributed by atoms with E-state index < -0.39 is 0 Å². The Bertz CT molecular complexity index is 567. The average Bonchev–Trinajstić information content (AvgIpc) is 2.50. The van der Waals surface area contributed by atoms with Crippen LogP contribution in [0.4, 0.5) is 5.82 Å². The molecule has 7 nitrogen and oxygen atoms in total. The summed E-state index contributed by atoms with van der Waals surface area (Å²) < 4.78 is 10.3. The summed E-state index contributed by atoms with van der Waals surface area (Å²) in [6.45, 7) is 3.17. The van der Waals surface area contributed by atoms with E-state index in [0.29, 0.717) is 24.9 Å². The lowest BCUT2D eigenvalue weighted by molar-refractivity contribution is -0.117. The van der Waals surface area contributed by atoms with Gasteiger partial charge in [0.05, 0.1) is 18.7 Å². The third kappa shape index (κ3) is 4.98. The molecule has 1 aliphatic rings. The summed E-state index contributed by atoms with van der Waals surface area (Å²) in [5.41, 5.74) is 0. The zero-order valence-corrected chi connectivity index (χ0v) is 12.8. The molecule has 118 valence electrons. The summed E-state index contributed by atoms with van der Waals surface area (Å²) in [5, 5.41) is 6.19. The fraction of sp³-hybridized carbons (Fsp3) is 0.533. The summed E-state index contributed by atoms with van der Waals surface area (Å²) in [4.78, 5) is 20.2. The van der Waals surface area contributed by atoms with Gasteiger partial charge in [0, 0.05) is 19.9 Å². The monoisotopic (exact) mass is 304 g/mol. The molecule has 0 spiro atoms. The summed E-state index contributed by atoms with van der Waals surface area (Å²) in [5.74, 6) is 6.24. The quantitative estimate of drug-likeness (QED) is 0.769. The van der Waals surface area contributed by atoms with Gasteiger partial charge in [0.25, 0.3) is 5.91 Å². The molecule has 1 aromatic rings. The molecule has 1 fully saturated rings. The van der Waals surface area contributed by atoms with Crippen LogP contribution in [0.25, 0.3) is 0 Å². The number of rotatable bonds is 4. The van der Waals surface area contributed by atoms with E-state index in [4.69, 9.17) is 9.47 Å². The molecule has 0 unspecified atom stereocenters. The molecule has 1 saturated heterocycles. The molecule has 1 aliphatic heterocycles. The predicted octanol–water partition coefficient (Wildman–Crippen LogP) is 0.120. The van der Waals surface area contributed by atoms with Crippen LogP contribution in [0.5, 0.6) is 0 Å². The highest BCUT2D eigenvalue weighted by Gasteiger charge is 2.27. The van der Waals surface area contributed by atoms with Gasteiger partial charge in [0.1, 0.15) is 18.2 Å². The minimum Gasteiger partial charge on any atom is -0.379 e. The van der Waals surface area contributed by atoms with Gasteiger partial charge in [-0.05, 0) is 25.3 Å². The van der Waals surface area contributed by atoms with Gasteiger partial charge in [0.2, 0.25) is 0 Å². The van der Waals surface area contributed by atoms with Crippen molar-refractivity contribution in [3.05, 3.63) is 18.1 Å². The molecule has 22 heavy (non-hydrogen) atoms. The molecule has 0 radical (unpaired) electrons. The highest BCUT2D eigenvalue weighted by molar-refractivity contribution is 5.93. The zero-order chi connectivity index (χ0) is 15.8. The van der Waals surface area contributed by atoms with Crippen molar-refractivity contribution in [1.29, 1.82) is 0 Å². The Morgan fingerprint density at radius 3 is 3.18 bits per heavy atom. The highest BCUT2D eigenvalue weighted by atomic mass is 16.5. The van der Waals surface area contributed by atoms with Crippen LogP contribution in [0.15, 0.2) is 12.3 Å². The zero-order valence-electron chi connectivity index (χ0n) is 12.8. The molecule has 0 aromatic carbocycles. The van der Waals surface area contributed by atoms with Crippen molar-refractivity contribution < 1.29 is 14.3 Å². The first kappa shape index (κ1) is 16.2. The second-order valence-corrected chi connectivity index (χ2v) is 4.92. The lowest BCUT2D eigenvalue weighted by atomic mass is 10.0. The lowest BCUT2D eigenvalue weighted by Gasteiger charge is -2.32. The van der Waals surface area contributed by atoms with Crippen molar-refractivity contribution >= 4 is 11.7 Å². The van der Waals surface area contributed by atoms with E-state index in [1.54, 1.807) is 12.3 Å². The lowest BCUT2D eigenvalue weighted by Crippen LogP contribution is -2.52. The van der Waals surface area contributed by atoms with Crippen molar-refractivity contribution in [1.82, 2.24) is 15.3 Å². The minimum absolute atomic E-state index is 0.0591. The molecule has 2 N–H and O–H groups in total. The molecule has 2 atom stereocenters. The van der Waals surface area contributed by atoms with Crippen LogP contribution < -0.4 is 10.6 Å². The number of nitrogens with zero attached hydrogens (tertiary/aromatic N) is 2. The number of aryl methyl sites for hydroxylation is 1. The smallest absolute Gasteiger partial charge is 0.296 e. The first-order valence-electron chi connectivity index (χ1n) is 7.11. The van der Waals surface area contributed by atoms with Crippen molar-refractivity contribution in [2.45, 2.75) is 25.4 Å². The Kier molecular flexibility index (Phi) is 6.13. The number of nitrogens with one attached hydrogen (secondary N) is 2. The summed E-state index contributed by atoms with van der Waals surface area (Å²) in [6.07, 6.45) is 2.41. The number of hydrogen-bond acceptors (Lipinski definition) is 6. The van der Waals surface area contributed by atoms with Gasteiger partial charge in [-0.1, -0.05) is 5.92 Å². The van der Waals surface area contributed by atoms with Gasteiger partial charge in [0.15, 0.2) is 0 Å². The molecule has 1 aromatic heterocycles. The van der Waals surface area contributed by atoms with E-state index in [0.717, 1.165) is 6.42 Å². The molecule has 7 heteroatoms. The summed E-state index contributed by atoms with van der Waals surface area (Å²) >= 11 is 0. The van der Waals surface area contributed by atoms with E-state index in [-0.39, 0.29) is 24.6 Å². The van der Waals surface area contributed by atoms with Crippen molar-refractivity contribution in [2.24, 2.45) is 0 Å². The third-order valence-electron chi connectivity index (χ3n) is 3.20. The van der Waals surface area contributed by atoms with Gasteiger partial charge < -0.3 is 20.1 Å². The third-order valence-corrected chi connectivity index (χ3v) is 3.20. The van der Waals surface area contributed by atoms with Crippen LogP contribution >= 0.6 is 0 Å². The molecule has 0 aliphatic carbocycles. The maximum Gasteiger partial charge on any atom is 0.296 e. The first-order valence-corrected chi connectivity index (χ1v) is 7.11. The second kappa shape index (κ2) is 8.32.